The normalized spacial score (nSPS) is 12.2. The first-order chi connectivity index (χ1) is 18.2. The van der Waals surface area contributed by atoms with E-state index >= 15 is 0 Å². The highest BCUT2D eigenvalue weighted by Gasteiger charge is 2.19. The molecule has 2 N–H and O–H groups in total. The maximum atomic E-state index is 13.0. The molecule has 0 aliphatic heterocycles. The van der Waals surface area contributed by atoms with Gasteiger partial charge >= 0.3 is 6.09 Å². The van der Waals surface area contributed by atoms with Gasteiger partial charge in [-0.05, 0) is 68.3 Å². The molecule has 0 fully saturated rings. The van der Waals surface area contributed by atoms with Crippen LogP contribution in [-0.2, 0) is 11.3 Å². The fraction of sp³-hybridized carbons (Fsp3) is 0.161. The van der Waals surface area contributed by atoms with Crippen LogP contribution >= 0.6 is 11.6 Å². The van der Waals surface area contributed by atoms with Crippen LogP contribution in [0.3, 0.4) is 0 Å². The Morgan fingerprint density at radius 1 is 0.868 bits per heavy atom. The quantitative estimate of drug-likeness (QED) is 0.252. The minimum absolute atomic E-state index is 0.424. The summed E-state index contributed by atoms with van der Waals surface area (Å²) in [6.07, 6.45) is -0.664. The third-order valence-corrected chi connectivity index (χ3v) is 6.49. The zero-order valence-electron chi connectivity index (χ0n) is 21.6. The molecule has 1 aromatic heterocycles. The summed E-state index contributed by atoms with van der Waals surface area (Å²) >= 11 is 6.53. The molecule has 0 radical (unpaired) electrons. The first-order valence-electron chi connectivity index (χ1n) is 12.4. The van der Waals surface area contributed by atoms with Crippen molar-refractivity contribution in [3.8, 4) is 16.8 Å². The molecule has 0 atom stereocenters. The second kappa shape index (κ2) is 10.2. The van der Waals surface area contributed by atoms with E-state index in [2.05, 4.69) is 4.99 Å². The number of ether oxygens (including phenoxy) is 1. The maximum absolute atomic E-state index is 13.0. The van der Waals surface area contributed by atoms with Crippen molar-refractivity contribution in [3.05, 3.63) is 113 Å². The van der Waals surface area contributed by atoms with Crippen LogP contribution in [0.4, 0.5) is 10.5 Å². The number of nitrogens with two attached hydrogens (primary N) is 1. The molecule has 4 aromatic carbocycles. The number of aromatic nitrogens is 2. The van der Waals surface area contributed by atoms with Gasteiger partial charge in [-0.2, -0.15) is 0 Å². The molecule has 38 heavy (non-hydrogen) atoms. The van der Waals surface area contributed by atoms with Crippen molar-refractivity contribution in [1.29, 1.82) is 0 Å². The van der Waals surface area contributed by atoms with Crippen LogP contribution < -0.4 is 11.4 Å². The monoisotopic (exact) mass is 524 g/mol. The van der Waals surface area contributed by atoms with Gasteiger partial charge in [0.1, 0.15) is 5.60 Å². The summed E-state index contributed by atoms with van der Waals surface area (Å²) in [6.45, 7) is 5.89. The first kappa shape index (κ1) is 25.4. The van der Waals surface area contributed by atoms with Gasteiger partial charge in [-0.1, -0.05) is 72.3 Å². The summed E-state index contributed by atoms with van der Waals surface area (Å²) in [6, 6.07) is 31.4. The summed E-state index contributed by atoms with van der Waals surface area (Å²) in [5, 5.41) is 0.643. The van der Waals surface area contributed by atoms with Gasteiger partial charge < -0.3 is 15.0 Å². The number of carbonyl (C=O) groups excluding carboxylic acids is 1. The fourth-order valence-corrected chi connectivity index (χ4v) is 4.65. The molecule has 1 heterocycles. The number of hydrogen-bond donors (Lipinski definition) is 1. The van der Waals surface area contributed by atoms with E-state index in [0.717, 1.165) is 33.4 Å². The summed E-state index contributed by atoms with van der Waals surface area (Å²) < 4.78 is 9.53. The molecule has 0 aliphatic rings. The predicted octanol–water partition coefficient (Wildman–Crippen LogP) is 7.22. The van der Waals surface area contributed by atoms with E-state index < -0.39 is 11.7 Å². The van der Waals surface area contributed by atoms with E-state index in [-0.39, 0.29) is 0 Å². The Morgan fingerprint density at radius 3 is 2.18 bits per heavy atom. The molecule has 0 unspecified atom stereocenters. The van der Waals surface area contributed by atoms with E-state index in [1.165, 1.54) is 0 Å². The van der Waals surface area contributed by atoms with Gasteiger partial charge in [-0.3, -0.25) is 4.57 Å². The Bertz CT molecular complexity index is 1690. The van der Waals surface area contributed by atoms with Gasteiger partial charge in [0, 0.05) is 22.0 Å². The van der Waals surface area contributed by atoms with Gasteiger partial charge in [0.25, 0.3) is 0 Å². The van der Waals surface area contributed by atoms with Crippen molar-refractivity contribution in [2.75, 3.05) is 5.73 Å². The summed E-state index contributed by atoms with van der Waals surface area (Å²) in [4.78, 5) is 17.5. The van der Waals surface area contributed by atoms with Crippen LogP contribution in [0.2, 0.25) is 5.02 Å². The molecule has 192 valence electrons. The van der Waals surface area contributed by atoms with Crippen molar-refractivity contribution in [2.24, 2.45) is 4.99 Å². The van der Waals surface area contributed by atoms with Gasteiger partial charge in [0.05, 0.1) is 17.6 Å². The van der Waals surface area contributed by atoms with E-state index in [0.29, 0.717) is 22.9 Å². The zero-order valence-corrected chi connectivity index (χ0v) is 22.3. The molecular formula is C31H29ClN4O2. The number of imidazole rings is 1. The van der Waals surface area contributed by atoms with Crippen LogP contribution in [0, 0.1) is 0 Å². The van der Waals surface area contributed by atoms with Crippen molar-refractivity contribution in [2.45, 2.75) is 32.9 Å². The number of benzene rings is 4. The third-order valence-electron chi connectivity index (χ3n) is 6.12. The fourth-order valence-electron chi connectivity index (χ4n) is 4.45. The molecule has 0 bridgehead atoms. The smallest absolute Gasteiger partial charge is 0.437 e. The topological polar surface area (TPSA) is 74.5 Å². The van der Waals surface area contributed by atoms with E-state index in [1.54, 1.807) is 0 Å². The van der Waals surface area contributed by atoms with E-state index in [4.69, 9.17) is 22.1 Å². The molecule has 5 aromatic rings. The third kappa shape index (κ3) is 5.22. The predicted molar refractivity (Wildman–Crippen MR) is 153 cm³/mol. The van der Waals surface area contributed by atoms with Gasteiger partial charge in [0.15, 0.2) is 0 Å². The second-order valence-electron chi connectivity index (χ2n) is 10.0. The number of fused-ring (bicyclic) bond motifs is 1. The van der Waals surface area contributed by atoms with Crippen LogP contribution in [0.25, 0.3) is 27.8 Å². The number of carbonyl (C=O) groups is 1. The van der Waals surface area contributed by atoms with Gasteiger partial charge in [-0.25, -0.2) is 4.79 Å². The van der Waals surface area contributed by atoms with E-state index in [9.17, 15) is 4.79 Å². The van der Waals surface area contributed by atoms with Gasteiger partial charge in [-0.15, -0.1) is 4.99 Å². The molecular weight excluding hydrogens is 496 g/mol. The zero-order chi connectivity index (χ0) is 26.9. The number of nitrogens with zero attached hydrogens (tertiary/aromatic N) is 3. The minimum Gasteiger partial charge on any atom is -0.442 e. The molecule has 0 saturated carbocycles. The average Bonchev–Trinajstić information content (AvgIpc) is 3.17. The lowest BCUT2D eigenvalue weighted by molar-refractivity contribution is 0.0594. The standard InChI is InChI=1S/C31H29ClN4O2/c1-31(2,3)38-30(37)34-29-35(20-22-10-4-6-12-25(22)32)27-14-8-9-15-28(27)36(29)23-18-16-21(17-19-23)24-11-5-7-13-26(24)33/h4-19H,20,33H2,1-3H3/b34-29+. The highest BCUT2D eigenvalue weighted by atomic mass is 35.5. The lowest BCUT2D eigenvalue weighted by Crippen LogP contribution is -2.29. The van der Waals surface area contributed by atoms with Crippen molar-refractivity contribution in [1.82, 2.24) is 9.13 Å². The Balaban J connectivity index is 1.73. The van der Waals surface area contributed by atoms with Crippen LogP contribution in [0.1, 0.15) is 26.3 Å². The average molecular weight is 525 g/mol. The minimum atomic E-state index is -0.678. The molecule has 7 heteroatoms. The Hall–Kier alpha value is -4.29. The molecule has 6 nitrogen and oxygen atoms in total. The van der Waals surface area contributed by atoms with E-state index in [1.807, 2.05) is 127 Å². The number of anilines is 1. The molecule has 1 amide bonds. The number of halogens is 1. The number of rotatable bonds is 4. The Kier molecular flexibility index (Phi) is 6.83. The summed E-state index contributed by atoms with van der Waals surface area (Å²) in [5.41, 5.74) is 12.2. The second-order valence-corrected chi connectivity index (χ2v) is 10.4. The highest BCUT2D eigenvalue weighted by Crippen LogP contribution is 2.27. The molecule has 0 spiro atoms. The number of para-hydroxylation sites is 3. The molecule has 5 rings (SSSR count). The van der Waals surface area contributed by atoms with Crippen LogP contribution in [0.15, 0.2) is 102 Å². The number of amides is 1. The Morgan fingerprint density at radius 2 is 1.50 bits per heavy atom. The lowest BCUT2D eigenvalue weighted by atomic mass is 10.0. The van der Waals surface area contributed by atoms with Crippen LogP contribution in [-0.4, -0.2) is 20.8 Å². The largest absolute Gasteiger partial charge is 0.442 e. The first-order valence-corrected chi connectivity index (χ1v) is 12.8. The van der Waals surface area contributed by atoms with Crippen molar-refractivity contribution >= 4 is 34.4 Å². The number of nitrogen functional groups attached to an aromatic ring is 1. The summed E-state index contributed by atoms with van der Waals surface area (Å²) in [5.74, 6) is 0. The molecule has 0 aliphatic carbocycles. The summed E-state index contributed by atoms with van der Waals surface area (Å²) in [7, 11) is 0. The SMILES string of the molecule is CC(C)(C)OC(=O)/N=c1\n(Cc2ccccc2Cl)c2ccccc2n1-c1ccc(-c2ccccc2N)cc1. The maximum Gasteiger partial charge on any atom is 0.437 e. The number of hydrogen-bond acceptors (Lipinski definition) is 3. The highest BCUT2D eigenvalue weighted by molar-refractivity contribution is 6.31. The molecule has 0 saturated heterocycles. The lowest BCUT2D eigenvalue weighted by Gasteiger charge is -2.17. The van der Waals surface area contributed by atoms with Gasteiger partial charge in [0.2, 0.25) is 5.62 Å². The van der Waals surface area contributed by atoms with Crippen molar-refractivity contribution in [3.63, 3.8) is 0 Å². The van der Waals surface area contributed by atoms with Crippen molar-refractivity contribution < 1.29 is 9.53 Å². The Labute approximate surface area is 226 Å². The van der Waals surface area contributed by atoms with Crippen LogP contribution in [0.5, 0.6) is 0 Å².